The molecule has 6 nitrogen and oxygen atoms in total. The number of carbonyl (C=O) groups excluding carboxylic acids is 1. The highest BCUT2D eigenvalue weighted by Crippen LogP contribution is 2.14. The average molecular weight is 440 g/mol. The summed E-state index contributed by atoms with van der Waals surface area (Å²) in [5.41, 5.74) is 2.98. The molecule has 0 unspecified atom stereocenters. The number of nitrogens with one attached hydrogen (secondary N) is 2. The number of likely N-dealkylation sites (tertiary alicyclic amines) is 1. The Morgan fingerprint density at radius 2 is 1.84 bits per heavy atom. The van der Waals surface area contributed by atoms with Crippen LogP contribution in [0.4, 0.5) is 4.39 Å². The minimum Gasteiger partial charge on any atom is -0.356 e. The Morgan fingerprint density at radius 3 is 2.50 bits per heavy atom. The van der Waals surface area contributed by atoms with Crippen LogP contribution in [0.15, 0.2) is 53.5 Å². The Hall–Kier alpha value is -2.93. The summed E-state index contributed by atoms with van der Waals surface area (Å²) in [4.78, 5) is 20.5. The lowest BCUT2D eigenvalue weighted by atomic mass is 10.0. The molecule has 0 saturated carbocycles. The first-order chi connectivity index (χ1) is 15.4. The molecule has 7 heteroatoms. The van der Waals surface area contributed by atoms with Crippen molar-refractivity contribution >= 4 is 11.9 Å². The molecule has 2 N–H and O–H groups in total. The topological polar surface area (TPSA) is 60.0 Å². The molecule has 32 heavy (non-hydrogen) atoms. The van der Waals surface area contributed by atoms with Gasteiger partial charge in [0.2, 0.25) is 0 Å². The Labute approximate surface area is 190 Å². The van der Waals surface area contributed by atoms with Crippen LogP contribution in [0.5, 0.6) is 0 Å². The summed E-state index contributed by atoms with van der Waals surface area (Å²) >= 11 is 0. The van der Waals surface area contributed by atoms with Crippen LogP contribution in [0.1, 0.15) is 34.3 Å². The molecule has 1 saturated heterocycles. The molecule has 1 aliphatic heterocycles. The first-order valence-electron chi connectivity index (χ1n) is 11.2. The SMILES string of the molecule is CN=C(NCCc1cccc(C(=O)N(C)C)c1)NC1CCN(Cc2ccc(F)cc2)CC1. The Kier molecular flexibility index (Phi) is 8.62. The highest BCUT2D eigenvalue weighted by atomic mass is 19.1. The van der Waals surface area contributed by atoms with Gasteiger partial charge in [-0.3, -0.25) is 14.7 Å². The number of halogens is 1. The molecular weight excluding hydrogens is 405 g/mol. The molecule has 2 aromatic carbocycles. The fourth-order valence-corrected chi connectivity index (χ4v) is 3.91. The fraction of sp³-hybridized carbons (Fsp3) is 0.440. The van der Waals surface area contributed by atoms with E-state index in [4.69, 9.17) is 0 Å². The minimum absolute atomic E-state index is 0.0167. The van der Waals surface area contributed by atoms with Crippen molar-refractivity contribution in [3.05, 3.63) is 71.0 Å². The van der Waals surface area contributed by atoms with E-state index >= 15 is 0 Å². The number of piperidine rings is 1. The van der Waals surface area contributed by atoms with Gasteiger partial charge in [0.15, 0.2) is 5.96 Å². The zero-order valence-electron chi connectivity index (χ0n) is 19.3. The second kappa shape index (κ2) is 11.6. The molecule has 1 fully saturated rings. The van der Waals surface area contributed by atoms with Gasteiger partial charge in [0.05, 0.1) is 0 Å². The van der Waals surface area contributed by atoms with Crippen LogP contribution in [0.2, 0.25) is 0 Å². The Balaban J connectivity index is 1.40. The maximum atomic E-state index is 13.1. The van der Waals surface area contributed by atoms with Crippen molar-refractivity contribution in [1.82, 2.24) is 20.4 Å². The molecule has 0 radical (unpaired) electrons. The lowest BCUT2D eigenvalue weighted by Crippen LogP contribution is -2.48. The molecule has 1 amide bonds. The van der Waals surface area contributed by atoms with Crippen LogP contribution in [0.25, 0.3) is 0 Å². The van der Waals surface area contributed by atoms with E-state index < -0.39 is 0 Å². The molecule has 0 atom stereocenters. The van der Waals surface area contributed by atoms with E-state index in [0.717, 1.165) is 62.5 Å². The van der Waals surface area contributed by atoms with Crippen molar-refractivity contribution in [2.75, 3.05) is 40.8 Å². The van der Waals surface area contributed by atoms with Gasteiger partial charge in [-0.25, -0.2) is 4.39 Å². The number of hydrogen-bond acceptors (Lipinski definition) is 3. The average Bonchev–Trinajstić information content (AvgIpc) is 2.80. The number of benzene rings is 2. The smallest absolute Gasteiger partial charge is 0.253 e. The second-order valence-electron chi connectivity index (χ2n) is 8.47. The summed E-state index contributed by atoms with van der Waals surface area (Å²) in [5.74, 6) is 0.635. The predicted molar refractivity (Wildman–Crippen MR) is 127 cm³/mol. The third kappa shape index (κ3) is 7.05. The summed E-state index contributed by atoms with van der Waals surface area (Å²) in [5, 5.41) is 6.92. The van der Waals surface area contributed by atoms with Gasteiger partial charge in [-0.2, -0.15) is 0 Å². The van der Waals surface area contributed by atoms with Gasteiger partial charge in [-0.1, -0.05) is 24.3 Å². The van der Waals surface area contributed by atoms with Gasteiger partial charge >= 0.3 is 0 Å². The molecule has 1 heterocycles. The van der Waals surface area contributed by atoms with Crippen molar-refractivity contribution < 1.29 is 9.18 Å². The molecule has 1 aliphatic rings. The van der Waals surface area contributed by atoms with Gasteiger partial charge in [-0.15, -0.1) is 0 Å². The quantitative estimate of drug-likeness (QED) is 0.515. The Morgan fingerprint density at radius 1 is 1.12 bits per heavy atom. The number of carbonyl (C=O) groups is 1. The van der Waals surface area contributed by atoms with Gasteiger partial charge in [0.1, 0.15) is 5.82 Å². The summed E-state index contributed by atoms with van der Waals surface area (Å²) in [6.07, 6.45) is 2.89. The number of nitrogens with zero attached hydrogens (tertiary/aromatic N) is 3. The predicted octanol–water partition coefficient (Wildman–Crippen LogP) is 2.90. The highest BCUT2D eigenvalue weighted by Gasteiger charge is 2.20. The number of hydrogen-bond donors (Lipinski definition) is 2. The zero-order valence-corrected chi connectivity index (χ0v) is 19.3. The van der Waals surface area contributed by atoms with E-state index in [0.29, 0.717) is 11.6 Å². The van der Waals surface area contributed by atoms with E-state index in [1.807, 2.05) is 36.4 Å². The largest absolute Gasteiger partial charge is 0.356 e. The highest BCUT2D eigenvalue weighted by molar-refractivity contribution is 5.94. The van der Waals surface area contributed by atoms with Gasteiger partial charge < -0.3 is 15.5 Å². The van der Waals surface area contributed by atoms with Gasteiger partial charge in [0.25, 0.3) is 5.91 Å². The first-order valence-corrected chi connectivity index (χ1v) is 11.2. The Bertz CT molecular complexity index is 905. The number of rotatable bonds is 7. The number of guanidine groups is 1. The van der Waals surface area contributed by atoms with Crippen molar-refractivity contribution in [3.63, 3.8) is 0 Å². The van der Waals surface area contributed by atoms with Gasteiger partial charge in [-0.05, 0) is 54.7 Å². The van der Waals surface area contributed by atoms with E-state index in [2.05, 4.69) is 20.5 Å². The first kappa shape index (κ1) is 23.7. The summed E-state index contributed by atoms with van der Waals surface area (Å²) in [6.45, 7) is 3.59. The molecule has 0 aliphatic carbocycles. The fourth-order valence-electron chi connectivity index (χ4n) is 3.91. The summed E-state index contributed by atoms with van der Waals surface area (Å²) in [6, 6.07) is 14.9. The van der Waals surface area contributed by atoms with Crippen molar-refractivity contribution in [2.45, 2.75) is 31.8 Å². The van der Waals surface area contributed by atoms with Crippen molar-refractivity contribution in [3.8, 4) is 0 Å². The normalized spacial score (nSPS) is 15.4. The molecule has 172 valence electrons. The van der Waals surface area contributed by atoms with Crippen LogP contribution < -0.4 is 10.6 Å². The van der Waals surface area contributed by atoms with Gasteiger partial charge in [0, 0.05) is 58.9 Å². The maximum absolute atomic E-state index is 13.1. The lowest BCUT2D eigenvalue weighted by Gasteiger charge is -2.33. The van der Waals surface area contributed by atoms with E-state index in [1.54, 1.807) is 26.0 Å². The van der Waals surface area contributed by atoms with Crippen LogP contribution in [-0.4, -0.2) is 68.5 Å². The maximum Gasteiger partial charge on any atom is 0.253 e. The lowest BCUT2D eigenvalue weighted by molar-refractivity contribution is 0.0827. The molecule has 0 aromatic heterocycles. The van der Waals surface area contributed by atoms with E-state index in [9.17, 15) is 9.18 Å². The molecule has 0 spiro atoms. The van der Waals surface area contributed by atoms with E-state index in [1.165, 1.54) is 12.1 Å². The van der Waals surface area contributed by atoms with Crippen LogP contribution in [0.3, 0.4) is 0 Å². The summed E-state index contributed by atoms with van der Waals surface area (Å²) in [7, 11) is 5.31. The molecule has 3 rings (SSSR count). The minimum atomic E-state index is -0.190. The van der Waals surface area contributed by atoms with Crippen LogP contribution >= 0.6 is 0 Å². The van der Waals surface area contributed by atoms with Crippen molar-refractivity contribution in [2.24, 2.45) is 4.99 Å². The van der Waals surface area contributed by atoms with E-state index in [-0.39, 0.29) is 11.7 Å². The monoisotopic (exact) mass is 439 g/mol. The molecular formula is C25H34FN5O. The molecule has 0 bridgehead atoms. The number of amides is 1. The summed E-state index contributed by atoms with van der Waals surface area (Å²) < 4.78 is 13.1. The standard InChI is InChI=1S/C25H34FN5O/c1-27-25(28-14-11-19-5-4-6-21(17-19)24(32)30(2)3)29-23-12-15-31(16-13-23)18-20-7-9-22(26)10-8-20/h4-10,17,23H,11-16,18H2,1-3H3,(H2,27,28,29). The molecule has 2 aromatic rings. The van der Waals surface area contributed by atoms with Crippen molar-refractivity contribution in [1.29, 1.82) is 0 Å². The number of aliphatic imine (C=N–C) groups is 1. The second-order valence-corrected chi connectivity index (χ2v) is 8.47. The third-order valence-corrected chi connectivity index (χ3v) is 5.76. The van der Waals surface area contributed by atoms with Crippen LogP contribution in [0, 0.1) is 5.82 Å². The van der Waals surface area contributed by atoms with Crippen LogP contribution in [-0.2, 0) is 13.0 Å². The third-order valence-electron chi connectivity index (χ3n) is 5.76. The zero-order chi connectivity index (χ0) is 22.9.